The van der Waals surface area contributed by atoms with Gasteiger partial charge < -0.3 is 15.2 Å². The molecule has 2 N–H and O–H groups in total. The molecule has 1 fully saturated rings. The van der Waals surface area contributed by atoms with Crippen molar-refractivity contribution >= 4 is 12.4 Å². The Hall–Kier alpha value is -0.810. The molecule has 1 saturated heterocycles. The monoisotopic (exact) mass is 328 g/mol. The van der Waals surface area contributed by atoms with E-state index in [4.69, 9.17) is 4.74 Å². The van der Waals surface area contributed by atoms with Crippen molar-refractivity contribution in [3.05, 3.63) is 29.3 Å². The SMILES string of the molecule is COc1ccc([C@H](N2CCNCC2)C(C)(C)CO)c(C)c1.Cl. The number of aliphatic hydroxyl groups excluding tert-OH is 1. The first-order valence-corrected chi connectivity index (χ1v) is 7.70. The topological polar surface area (TPSA) is 44.7 Å². The van der Waals surface area contributed by atoms with Crippen molar-refractivity contribution in [2.24, 2.45) is 5.41 Å². The van der Waals surface area contributed by atoms with Gasteiger partial charge in [0.1, 0.15) is 5.75 Å². The molecule has 5 heteroatoms. The van der Waals surface area contributed by atoms with E-state index >= 15 is 0 Å². The van der Waals surface area contributed by atoms with Crippen molar-refractivity contribution in [1.29, 1.82) is 0 Å². The van der Waals surface area contributed by atoms with Crippen LogP contribution in [0.4, 0.5) is 0 Å². The average molecular weight is 329 g/mol. The summed E-state index contributed by atoms with van der Waals surface area (Å²) < 4.78 is 5.31. The van der Waals surface area contributed by atoms with Gasteiger partial charge in [-0.3, -0.25) is 4.90 Å². The number of methoxy groups -OCH3 is 1. The third-order valence-electron chi connectivity index (χ3n) is 4.44. The van der Waals surface area contributed by atoms with Crippen LogP contribution in [0.25, 0.3) is 0 Å². The second-order valence-corrected chi connectivity index (χ2v) is 6.56. The molecule has 0 radical (unpaired) electrons. The summed E-state index contributed by atoms with van der Waals surface area (Å²) in [5.74, 6) is 0.886. The van der Waals surface area contributed by atoms with Gasteiger partial charge in [0.15, 0.2) is 0 Å². The van der Waals surface area contributed by atoms with E-state index < -0.39 is 0 Å². The molecule has 1 aliphatic heterocycles. The number of halogens is 1. The first-order chi connectivity index (χ1) is 9.99. The highest BCUT2D eigenvalue weighted by Gasteiger charge is 2.36. The Kier molecular flexibility index (Phi) is 7.13. The van der Waals surface area contributed by atoms with Gasteiger partial charge in [0.05, 0.1) is 7.11 Å². The molecule has 1 aromatic rings. The summed E-state index contributed by atoms with van der Waals surface area (Å²) in [6, 6.07) is 6.47. The Labute approximate surface area is 140 Å². The zero-order valence-electron chi connectivity index (χ0n) is 14.1. The van der Waals surface area contributed by atoms with E-state index in [1.807, 2.05) is 6.07 Å². The van der Waals surface area contributed by atoms with Crippen molar-refractivity contribution < 1.29 is 9.84 Å². The lowest BCUT2D eigenvalue weighted by Crippen LogP contribution is -2.49. The lowest BCUT2D eigenvalue weighted by atomic mass is 9.78. The lowest BCUT2D eigenvalue weighted by Gasteiger charge is -2.44. The van der Waals surface area contributed by atoms with Gasteiger partial charge in [-0.2, -0.15) is 0 Å². The van der Waals surface area contributed by atoms with E-state index in [-0.39, 0.29) is 30.5 Å². The predicted octanol–water partition coefficient (Wildman–Crippen LogP) is 2.39. The normalized spacial score (nSPS) is 17.7. The van der Waals surface area contributed by atoms with E-state index in [0.717, 1.165) is 31.9 Å². The standard InChI is InChI=1S/C17H28N2O2.ClH/c1-13-11-14(21-4)5-6-15(13)16(17(2,3)12-20)19-9-7-18-8-10-19;/h5-6,11,16,18,20H,7-10,12H2,1-4H3;1H/t16-;/m0./s1. The van der Waals surface area contributed by atoms with Gasteiger partial charge in [-0.25, -0.2) is 0 Å². The molecular formula is C17H29ClN2O2. The Bertz CT molecular complexity index is 474. The Balaban J connectivity index is 0.00000242. The highest BCUT2D eigenvalue weighted by molar-refractivity contribution is 5.85. The number of aliphatic hydroxyl groups is 1. The smallest absolute Gasteiger partial charge is 0.119 e. The molecule has 0 aliphatic carbocycles. The van der Waals surface area contributed by atoms with Crippen molar-refractivity contribution in [1.82, 2.24) is 10.2 Å². The maximum atomic E-state index is 9.88. The first kappa shape index (κ1) is 19.2. The summed E-state index contributed by atoms with van der Waals surface area (Å²) in [4.78, 5) is 2.49. The molecule has 0 bridgehead atoms. The van der Waals surface area contributed by atoms with E-state index in [0.29, 0.717) is 0 Å². The average Bonchev–Trinajstić information content (AvgIpc) is 2.50. The first-order valence-electron chi connectivity index (χ1n) is 7.70. The van der Waals surface area contributed by atoms with E-state index in [9.17, 15) is 5.11 Å². The van der Waals surface area contributed by atoms with Crippen LogP contribution in [0.2, 0.25) is 0 Å². The molecule has 0 spiro atoms. The number of nitrogens with one attached hydrogen (secondary N) is 1. The summed E-state index contributed by atoms with van der Waals surface area (Å²) in [6.45, 7) is 10.6. The van der Waals surface area contributed by atoms with E-state index in [1.54, 1.807) is 7.11 Å². The third kappa shape index (κ3) is 4.13. The zero-order valence-corrected chi connectivity index (χ0v) is 14.9. The molecule has 0 saturated carbocycles. The van der Waals surface area contributed by atoms with Crippen LogP contribution >= 0.6 is 12.4 Å². The summed E-state index contributed by atoms with van der Waals surface area (Å²) in [5.41, 5.74) is 2.33. The summed E-state index contributed by atoms with van der Waals surface area (Å²) in [6.07, 6.45) is 0. The second kappa shape index (κ2) is 8.16. The highest BCUT2D eigenvalue weighted by Crippen LogP contribution is 2.40. The van der Waals surface area contributed by atoms with Gasteiger partial charge in [-0.15, -0.1) is 12.4 Å². The summed E-state index contributed by atoms with van der Waals surface area (Å²) in [5, 5.41) is 13.3. The van der Waals surface area contributed by atoms with Crippen LogP contribution in [0.15, 0.2) is 18.2 Å². The van der Waals surface area contributed by atoms with Crippen molar-refractivity contribution in [3.8, 4) is 5.75 Å². The minimum Gasteiger partial charge on any atom is -0.497 e. The number of benzene rings is 1. The quantitative estimate of drug-likeness (QED) is 0.871. The van der Waals surface area contributed by atoms with Crippen LogP contribution in [0.1, 0.15) is 31.0 Å². The van der Waals surface area contributed by atoms with Crippen LogP contribution in [0, 0.1) is 12.3 Å². The minimum absolute atomic E-state index is 0. The molecule has 1 aliphatic rings. The number of piperazine rings is 1. The van der Waals surface area contributed by atoms with Gasteiger partial charge in [-0.05, 0) is 30.2 Å². The van der Waals surface area contributed by atoms with Crippen LogP contribution < -0.4 is 10.1 Å². The number of rotatable bonds is 5. The molecule has 22 heavy (non-hydrogen) atoms. The maximum Gasteiger partial charge on any atom is 0.119 e. The fraction of sp³-hybridized carbons (Fsp3) is 0.647. The minimum atomic E-state index is -0.184. The Morgan fingerprint density at radius 3 is 2.45 bits per heavy atom. The van der Waals surface area contributed by atoms with Gasteiger partial charge in [0.2, 0.25) is 0 Å². The lowest BCUT2D eigenvalue weighted by molar-refractivity contribution is 0.0302. The molecule has 2 rings (SSSR count). The molecule has 126 valence electrons. The van der Waals surface area contributed by atoms with Crippen LogP contribution in [-0.2, 0) is 0 Å². The van der Waals surface area contributed by atoms with Crippen LogP contribution in [-0.4, -0.2) is 49.9 Å². The predicted molar refractivity (Wildman–Crippen MR) is 93.0 cm³/mol. The van der Waals surface area contributed by atoms with Crippen molar-refractivity contribution in [3.63, 3.8) is 0 Å². The van der Waals surface area contributed by atoms with Crippen LogP contribution in [0.5, 0.6) is 5.75 Å². The van der Waals surface area contributed by atoms with E-state index in [1.165, 1.54) is 11.1 Å². The van der Waals surface area contributed by atoms with Crippen molar-refractivity contribution in [2.75, 3.05) is 39.9 Å². The summed E-state index contributed by atoms with van der Waals surface area (Å²) in [7, 11) is 1.69. The van der Waals surface area contributed by atoms with Crippen molar-refractivity contribution in [2.45, 2.75) is 26.8 Å². The van der Waals surface area contributed by atoms with E-state index in [2.05, 4.69) is 43.1 Å². The van der Waals surface area contributed by atoms with Gasteiger partial charge in [-0.1, -0.05) is 19.9 Å². The number of nitrogens with zero attached hydrogens (tertiary/aromatic N) is 1. The molecule has 1 atom stereocenters. The molecule has 0 unspecified atom stereocenters. The highest BCUT2D eigenvalue weighted by atomic mass is 35.5. The molecule has 1 aromatic carbocycles. The fourth-order valence-electron chi connectivity index (χ4n) is 3.22. The van der Waals surface area contributed by atoms with Gasteiger partial charge >= 0.3 is 0 Å². The number of hydrogen-bond acceptors (Lipinski definition) is 4. The van der Waals surface area contributed by atoms with Gasteiger partial charge in [0, 0.05) is 44.2 Å². The summed E-state index contributed by atoms with van der Waals surface area (Å²) >= 11 is 0. The van der Waals surface area contributed by atoms with Crippen LogP contribution in [0.3, 0.4) is 0 Å². The molecule has 1 heterocycles. The molecular weight excluding hydrogens is 300 g/mol. The molecule has 0 aromatic heterocycles. The van der Waals surface area contributed by atoms with Gasteiger partial charge in [0.25, 0.3) is 0 Å². The number of aryl methyl sites for hydroxylation is 1. The Morgan fingerprint density at radius 2 is 1.95 bits per heavy atom. The fourth-order valence-corrected chi connectivity index (χ4v) is 3.22. The third-order valence-corrected chi connectivity index (χ3v) is 4.44. The Morgan fingerprint density at radius 1 is 1.32 bits per heavy atom. The molecule has 4 nitrogen and oxygen atoms in total. The maximum absolute atomic E-state index is 9.88. The number of hydrogen-bond donors (Lipinski definition) is 2. The zero-order chi connectivity index (χ0) is 15.5. The second-order valence-electron chi connectivity index (χ2n) is 6.56. The largest absolute Gasteiger partial charge is 0.497 e. The molecule has 0 amide bonds. The number of ether oxygens (including phenoxy) is 1.